The van der Waals surface area contributed by atoms with Crippen molar-refractivity contribution in [3.63, 3.8) is 0 Å². The van der Waals surface area contributed by atoms with E-state index < -0.39 is 0 Å². The van der Waals surface area contributed by atoms with Gasteiger partial charge in [0.2, 0.25) is 0 Å². The predicted octanol–water partition coefficient (Wildman–Crippen LogP) is 2.57. The lowest BCUT2D eigenvalue weighted by atomic mass is 10.3. The summed E-state index contributed by atoms with van der Waals surface area (Å²) in [6.45, 7) is 11.6. The molecule has 0 radical (unpaired) electrons. The molecule has 0 aliphatic heterocycles. The fourth-order valence-electron chi connectivity index (χ4n) is 0.667. The van der Waals surface area contributed by atoms with E-state index in [2.05, 4.69) is 25.1 Å². The molecule has 0 heterocycles. The second-order valence-corrected chi connectivity index (χ2v) is 2.11. The highest BCUT2D eigenvalue weighted by atomic mass is 14.9. The Morgan fingerprint density at radius 1 is 1.17 bits per heavy atom. The molecule has 0 spiro atoms. The van der Waals surface area contributed by atoms with Crippen LogP contribution in [0.2, 0.25) is 0 Å². The van der Waals surface area contributed by atoms with Crippen LogP contribution < -0.4 is 5.32 Å². The van der Waals surface area contributed by atoms with Crippen LogP contribution in [0.25, 0.3) is 0 Å². The fourth-order valence-corrected chi connectivity index (χ4v) is 0.667. The maximum Gasteiger partial charge on any atom is 0.0336 e. The Labute approximate surface area is 74.5 Å². The predicted molar refractivity (Wildman–Crippen MR) is 55.8 cm³/mol. The van der Waals surface area contributed by atoms with Crippen LogP contribution in [0, 0.1) is 0 Å². The zero-order chi connectivity index (χ0) is 9.23. The minimum absolute atomic E-state index is 0.776. The molecule has 0 bridgehead atoms. The Morgan fingerprint density at radius 2 is 1.92 bits per heavy atom. The van der Waals surface area contributed by atoms with Crippen molar-refractivity contribution < 1.29 is 0 Å². The van der Waals surface area contributed by atoms with E-state index in [1.165, 1.54) is 0 Å². The summed E-state index contributed by atoms with van der Waals surface area (Å²) in [6.07, 6.45) is 11.0. The van der Waals surface area contributed by atoms with E-state index in [4.69, 9.17) is 0 Å². The van der Waals surface area contributed by atoms with Crippen LogP contribution >= 0.6 is 0 Å². The third-order valence-corrected chi connectivity index (χ3v) is 1.21. The van der Waals surface area contributed by atoms with Gasteiger partial charge in [-0.3, -0.25) is 0 Å². The van der Waals surface area contributed by atoms with Gasteiger partial charge < -0.3 is 5.32 Å². The van der Waals surface area contributed by atoms with Gasteiger partial charge in [0.25, 0.3) is 0 Å². The first-order valence-electron chi connectivity index (χ1n) is 3.81. The van der Waals surface area contributed by atoms with Crippen molar-refractivity contribution in [3.05, 3.63) is 61.9 Å². The lowest BCUT2D eigenvalue weighted by Crippen LogP contribution is -2.10. The molecule has 0 atom stereocenters. The van der Waals surface area contributed by atoms with Crippen LogP contribution in [-0.4, -0.2) is 6.54 Å². The molecule has 0 rings (SSSR count). The Kier molecular flexibility index (Phi) is 6.65. The SMILES string of the molecule is C=C/C=C\CN/C(C=C)=C/C=C. The van der Waals surface area contributed by atoms with Crippen LogP contribution in [0.5, 0.6) is 0 Å². The molecule has 64 valence electrons. The number of allylic oxidation sites excluding steroid dienone is 5. The van der Waals surface area contributed by atoms with Crippen molar-refractivity contribution >= 4 is 0 Å². The summed E-state index contributed by atoms with van der Waals surface area (Å²) in [5.74, 6) is 0. The van der Waals surface area contributed by atoms with Gasteiger partial charge in [-0.25, -0.2) is 0 Å². The molecule has 1 heteroatoms. The molecule has 0 aromatic rings. The van der Waals surface area contributed by atoms with Gasteiger partial charge in [-0.1, -0.05) is 44.0 Å². The maximum atomic E-state index is 3.66. The van der Waals surface area contributed by atoms with E-state index >= 15 is 0 Å². The molecule has 0 aromatic heterocycles. The Hall–Kier alpha value is -1.50. The standard InChI is InChI=1S/C11H15N/c1-4-7-8-10-12-11(6-3)9-5-2/h4-9,12H,1-3,10H2/b8-7-,11-9+. The van der Waals surface area contributed by atoms with Crippen molar-refractivity contribution in [2.45, 2.75) is 0 Å². The summed E-state index contributed by atoms with van der Waals surface area (Å²) in [5, 5.41) is 3.14. The Morgan fingerprint density at radius 3 is 2.42 bits per heavy atom. The number of nitrogens with one attached hydrogen (secondary N) is 1. The van der Waals surface area contributed by atoms with Gasteiger partial charge in [-0.15, -0.1) is 0 Å². The van der Waals surface area contributed by atoms with E-state index in [1.54, 1.807) is 18.2 Å². The third-order valence-electron chi connectivity index (χ3n) is 1.21. The molecule has 0 aromatic carbocycles. The smallest absolute Gasteiger partial charge is 0.0336 e. The molecule has 0 aliphatic rings. The van der Waals surface area contributed by atoms with E-state index in [1.807, 2.05) is 18.2 Å². The van der Waals surface area contributed by atoms with Gasteiger partial charge >= 0.3 is 0 Å². The number of hydrogen-bond acceptors (Lipinski definition) is 1. The molecule has 0 saturated carbocycles. The zero-order valence-corrected chi connectivity index (χ0v) is 7.29. The van der Waals surface area contributed by atoms with Crippen LogP contribution in [-0.2, 0) is 0 Å². The van der Waals surface area contributed by atoms with Crippen LogP contribution in [0.1, 0.15) is 0 Å². The molecule has 12 heavy (non-hydrogen) atoms. The molecule has 0 aliphatic carbocycles. The van der Waals surface area contributed by atoms with Gasteiger partial charge in [-0.05, 0) is 12.2 Å². The maximum absolute atomic E-state index is 3.66. The van der Waals surface area contributed by atoms with E-state index in [9.17, 15) is 0 Å². The Bertz CT molecular complexity index is 209. The number of hydrogen-bond donors (Lipinski definition) is 1. The second-order valence-electron chi connectivity index (χ2n) is 2.11. The molecule has 0 amide bonds. The van der Waals surface area contributed by atoms with Crippen LogP contribution in [0.15, 0.2) is 61.9 Å². The first-order valence-corrected chi connectivity index (χ1v) is 3.81. The van der Waals surface area contributed by atoms with Crippen molar-refractivity contribution in [2.24, 2.45) is 0 Å². The lowest BCUT2D eigenvalue weighted by Gasteiger charge is -2.01. The molecular formula is C11H15N. The largest absolute Gasteiger partial charge is 0.382 e. The van der Waals surface area contributed by atoms with E-state index in [0.717, 1.165) is 12.2 Å². The van der Waals surface area contributed by atoms with Crippen molar-refractivity contribution in [1.82, 2.24) is 5.32 Å². The minimum atomic E-state index is 0.776. The Balaban J connectivity index is 3.80. The summed E-state index contributed by atoms with van der Waals surface area (Å²) in [4.78, 5) is 0. The molecule has 1 N–H and O–H groups in total. The summed E-state index contributed by atoms with van der Waals surface area (Å²) in [7, 11) is 0. The second kappa shape index (κ2) is 7.61. The van der Waals surface area contributed by atoms with Gasteiger partial charge in [0, 0.05) is 12.2 Å². The lowest BCUT2D eigenvalue weighted by molar-refractivity contribution is 0.936. The van der Waals surface area contributed by atoms with Crippen molar-refractivity contribution in [3.8, 4) is 0 Å². The van der Waals surface area contributed by atoms with Gasteiger partial charge in [0.15, 0.2) is 0 Å². The van der Waals surface area contributed by atoms with Crippen molar-refractivity contribution in [1.29, 1.82) is 0 Å². The normalized spacial score (nSPS) is 11.2. The average Bonchev–Trinajstić information content (AvgIpc) is 2.10. The van der Waals surface area contributed by atoms with Crippen molar-refractivity contribution in [2.75, 3.05) is 6.54 Å². The third kappa shape index (κ3) is 5.30. The molecule has 1 nitrogen and oxygen atoms in total. The monoisotopic (exact) mass is 161 g/mol. The van der Waals surface area contributed by atoms with Crippen LogP contribution in [0.3, 0.4) is 0 Å². The average molecular weight is 161 g/mol. The summed E-state index contributed by atoms with van der Waals surface area (Å²) < 4.78 is 0. The highest BCUT2D eigenvalue weighted by molar-refractivity contribution is 5.19. The van der Waals surface area contributed by atoms with Crippen LogP contribution in [0.4, 0.5) is 0 Å². The fraction of sp³-hybridized carbons (Fsp3) is 0.0909. The van der Waals surface area contributed by atoms with Gasteiger partial charge in [-0.2, -0.15) is 0 Å². The highest BCUT2D eigenvalue weighted by Crippen LogP contribution is 1.89. The first-order chi connectivity index (χ1) is 5.85. The topological polar surface area (TPSA) is 12.0 Å². The minimum Gasteiger partial charge on any atom is -0.382 e. The molecule has 0 unspecified atom stereocenters. The molecule has 0 fully saturated rings. The summed E-state index contributed by atoms with van der Waals surface area (Å²) in [6, 6.07) is 0. The number of rotatable bonds is 6. The molecular weight excluding hydrogens is 146 g/mol. The van der Waals surface area contributed by atoms with E-state index in [0.29, 0.717) is 0 Å². The zero-order valence-electron chi connectivity index (χ0n) is 7.29. The highest BCUT2D eigenvalue weighted by Gasteiger charge is 1.83. The summed E-state index contributed by atoms with van der Waals surface area (Å²) >= 11 is 0. The molecule has 0 saturated heterocycles. The first kappa shape index (κ1) is 10.5. The van der Waals surface area contributed by atoms with E-state index in [-0.39, 0.29) is 0 Å². The summed E-state index contributed by atoms with van der Waals surface area (Å²) in [5.41, 5.74) is 0.971. The van der Waals surface area contributed by atoms with Gasteiger partial charge in [0.05, 0.1) is 0 Å². The van der Waals surface area contributed by atoms with Gasteiger partial charge in [0.1, 0.15) is 0 Å². The quantitative estimate of drug-likeness (QED) is 0.590.